The molecule has 2 aromatic rings. The minimum Gasteiger partial charge on any atom is -0.371 e. The summed E-state index contributed by atoms with van der Waals surface area (Å²) in [4.78, 5) is 49.4. The van der Waals surface area contributed by atoms with Crippen molar-refractivity contribution in [1.82, 2.24) is 14.5 Å². The summed E-state index contributed by atoms with van der Waals surface area (Å²) >= 11 is 0. The highest BCUT2D eigenvalue weighted by Gasteiger charge is 2.31. The van der Waals surface area contributed by atoms with E-state index in [1.807, 2.05) is 18.2 Å². The van der Waals surface area contributed by atoms with Crippen LogP contribution in [0.2, 0.25) is 0 Å². The van der Waals surface area contributed by atoms with Crippen molar-refractivity contribution in [3.63, 3.8) is 0 Å². The van der Waals surface area contributed by atoms with Crippen molar-refractivity contribution in [3.8, 4) is 0 Å². The Hall–Kier alpha value is -2.90. The second kappa shape index (κ2) is 6.68. The van der Waals surface area contributed by atoms with Crippen LogP contribution >= 0.6 is 0 Å². The fourth-order valence-electron chi connectivity index (χ4n) is 4.17. The van der Waals surface area contributed by atoms with Gasteiger partial charge in [0.2, 0.25) is 11.8 Å². The van der Waals surface area contributed by atoms with Crippen LogP contribution in [0, 0.1) is 5.92 Å². The molecule has 0 saturated carbocycles. The maximum Gasteiger partial charge on any atom is 0.329 e. The molecule has 2 saturated heterocycles. The van der Waals surface area contributed by atoms with Crippen LogP contribution in [0.4, 0.5) is 5.69 Å². The first-order valence-electron chi connectivity index (χ1n) is 9.23. The number of hydrogen-bond donors (Lipinski definition) is 1. The molecule has 1 aromatic heterocycles. The number of nitrogens with zero attached hydrogens (tertiary/aromatic N) is 3. The molecule has 27 heavy (non-hydrogen) atoms. The van der Waals surface area contributed by atoms with Crippen molar-refractivity contribution in [2.75, 3.05) is 18.0 Å². The Morgan fingerprint density at radius 3 is 2.74 bits per heavy atom. The van der Waals surface area contributed by atoms with Crippen LogP contribution in [0.1, 0.15) is 31.7 Å². The third kappa shape index (κ3) is 2.94. The van der Waals surface area contributed by atoms with Crippen LogP contribution in [0.5, 0.6) is 0 Å². The number of imidazole rings is 1. The first kappa shape index (κ1) is 17.5. The third-order valence-corrected chi connectivity index (χ3v) is 5.68. The maximum atomic E-state index is 12.8. The summed E-state index contributed by atoms with van der Waals surface area (Å²) in [6, 6.07) is 5.10. The van der Waals surface area contributed by atoms with E-state index in [9.17, 15) is 19.2 Å². The molecule has 2 atom stereocenters. The third-order valence-electron chi connectivity index (χ3n) is 5.68. The van der Waals surface area contributed by atoms with Crippen LogP contribution in [0.3, 0.4) is 0 Å². The Labute approximate surface area is 155 Å². The van der Waals surface area contributed by atoms with E-state index in [1.54, 1.807) is 11.6 Å². The van der Waals surface area contributed by atoms with E-state index < -0.39 is 11.9 Å². The lowest BCUT2D eigenvalue weighted by Crippen LogP contribution is -2.44. The van der Waals surface area contributed by atoms with Gasteiger partial charge in [-0.25, -0.2) is 4.79 Å². The number of aryl methyl sites for hydroxylation is 1. The van der Waals surface area contributed by atoms with E-state index in [0.717, 1.165) is 37.0 Å². The Morgan fingerprint density at radius 2 is 2.00 bits per heavy atom. The molecular weight excluding hydrogens is 348 g/mol. The van der Waals surface area contributed by atoms with Gasteiger partial charge in [-0.3, -0.25) is 24.0 Å². The molecule has 2 unspecified atom stereocenters. The van der Waals surface area contributed by atoms with Gasteiger partial charge >= 0.3 is 5.69 Å². The van der Waals surface area contributed by atoms with Crippen molar-refractivity contribution in [2.24, 2.45) is 13.0 Å². The van der Waals surface area contributed by atoms with Gasteiger partial charge in [0.15, 0.2) is 0 Å². The van der Waals surface area contributed by atoms with E-state index in [2.05, 4.69) is 10.2 Å². The molecule has 4 rings (SSSR count). The van der Waals surface area contributed by atoms with E-state index in [0.29, 0.717) is 24.3 Å². The van der Waals surface area contributed by atoms with E-state index >= 15 is 0 Å². The molecule has 142 valence electrons. The highest BCUT2D eigenvalue weighted by Crippen LogP contribution is 2.29. The summed E-state index contributed by atoms with van der Waals surface area (Å²) < 4.78 is 3.03. The predicted octanol–water partition coefficient (Wildman–Crippen LogP) is 0.733. The van der Waals surface area contributed by atoms with E-state index in [-0.39, 0.29) is 18.0 Å². The van der Waals surface area contributed by atoms with Gasteiger partial charge in [-0.05, 0) is 37.0 Å². The van der Waals surface area contributed by atoms with Crippen molar-refractivity contribution >= 4 is 34.8 Å². The molecule has 3 heterocycles. The molecule has 8 heteroatoms. The fraction of sp³-hybridized carbons (Fsp3) is 0.474. The number of carbonyl (C=O) groups is 3. The molecule has 1 aromatic carbocycles. The van der Waals surface area contributed by atoms with E-state index in [4.69, 9.17) is 0 Å². The summed E-state index contributed by atoms with van der Waals surface area (Å²) in [6.45, 7) is 1.71. The number of anilines is 1. The molecule has 8 nitrogen and oxygen atoms in total. The van der Waals surface area contributed by atoms with Crippen molar-refractivity contribution in [3.05, 3.63) is 28.7 Å². The fourth-order valence-corrected chi connectivity index (χ4v) is 4.17. The lowest BCUT2D eigenvalue weighted by atomic mass is 10.1. The van der Waals surface area contributed by atoms with Gasteiger partial charge in [0.05, 0.1) is 11.0 Å². The number of benzene rings is 1. The minimum absolute atomic E-state index is 0.225. The Balaban J connectivity index is 1.71. The number of amides is 2. The average molecular weight is 370 g/mol. The summed E-state index contributed by atoms with van der Waals surface area (Å²) in [5.41, 5.74) is 2.18. The van der Waals surface area contributed by atoms with Crippen LogP contribution < -0.4 is 15.9 Å². The van der Waals surface area contributed by atoms with Crippen LogP contribution in [0.25, 0.3) is 11.0 Å². The SMILES string of the molecule is Cn1c(=O)n(C2CCC(=O)NC2=O)c2ccc(N3CCC(CC=O)C3)cc21. The summed E-state index contributed by atoms with van der Waals surface area (Å²) in [5.74, 6) is -0.359. The van der Waals surface area contributed by atoms with Crippen molar-refractivity contribution in [2.45, 2.75) is 31.7 Å². The number of piperidine rings is 1. The molecule has 0 radical (unpaired) electrons. The lowest BCUT2D eigenvalue weighted by molar-refractivity contribution is -0.135. The van der Waals surface area contributed by atoms with Crippen LogP contribution in [-0.4, -0.2) is 40.3 Å². The van der Waals surface area contributed by atoms with Crippen LogP contribution in [0.15, 0.2) is 23.0 Å². The highest BCUT2D eigenvalue weighted by atomic mass is 16.2. The molecule has 2 fully saturated rings. The smallest absolute Gasteiger partial charge is 0.329 e. The van der Waals surface area contributed by atoms with Crippen molar-refractivity contribution < 1.29 is 14.4 Å². The molecule has 0 spiro atoms. The molecule has 2 aliphatic rings. The number of hydrogen-bond acceptors (Lipinski definition) is 5. The number of aromatic nitrogens is 2. The largest absolute Gasteiger partial charge is 0.371 e. The van der Waals surface area contributed by atoms with Gasteiger partial charge in [0.1, 0.15) is 12.3 Å². The number of aldehydes is 1. The number of rotatable bonds is 4. The minimum atomic E-state index is -0.673. The van der Waals surface area contributed by atoms with Crippen LogP contribution in [-0.2, 0) is 21.4 Å². The Bertz CT molecular complexity index is 989. The van der Waals surface area contributed by atoms with Gasteiger partial charge in [-0.1, -0.05) is 0 Å². The maximum absolute atomic E-state index is 12.8. The Kier molecular flexibility index (Phi) is 4.33. The Morgan fingerprint density at radius 1 is 1.19 bits per heavy atom. The first-order valence-corrected chi connectivity index (χ1v) is 9.23. The highest BCUT2D eigenvalue weighted by molar-refractivity contribution is 6.00. The average Bonchev–Trinajstić information content (AvgIpc) is 3.20. The number of carbonyl (C=O) groups excluding carboxylic acids is 3. The van der Waals surface area contributed by atoms with Gasteiger partial charge < -0.3 is 9.69 Å². The second-order valence-electron chi connectivity index (χ2n) is 7.35. The summed E-state index contributed by atoms with van der Waals surface area (Å²) in [6.07, 6.45) is 3.07. The first-order chi connectivity index (χ1) is 13.0. The zero-order chi connectivity index (χ0) is 19.1. The number of nitrogens with one attached hydrogen (secondary N) is 1. The molecule has 0 aliphatic carbocycles. The van der Waals surface area contributed by atoms with Gasteiger partial charge in [0, 0.05) is 38.7 Å². The molecule has 0 bridgehead atoms. The summed E-state index contributed by atoms with van der Waals surface area (Å²) in [7, 11) is 1.69. The molecule has 2 amide bonds. The van der Waals surface area contributed by atoms with Gasteiger partial charge in [0.25, 0.3) is 0 Å². The normalized spacial score (nSPS) is 23.1. The predicted molar refractivity (Wildman–Crippen MR) is 99.6 cm³/mol. The number of fused-ring (bicyclic) bond motifs is 1. The molecular formula is C19H22N4O4. The molecule has 1 N–H and O–H groups in total. The van der Waals surface area contributed by atoms with Gasteiger partial charge in [-0.2, -0.15) is 0 Å². The quantitative estimate of drug-likeness (QED) is 0.633. The zero-order valence-corrected chi connectivity index (χ0v) is 15.2. The second-order valence-corrected chi connectivity index (χ2v) is 7.35. The topological polar surface area (TPSA) is 93.4 Å². The number of imide groups is 1. The monoisotopic (exact) mass is 370 g/mol. The summed E-state index contributed by atoms with van der Waals surface area (Å²) in [5, 5.41) is 2.32. The molecule has 2 aliphatic heterocycles. The lowest BCUT2D eigenvalue weighted by Gasteiger charge is -2.22. The zero-order valence-electron chi connectivity index (χ0n) is 15.2. The van der Waals surface area contributed by atoms with E-state index in [1.165, 1.54) is 4.57 Å². The standard InChI is InChI=1S/C19H22N4O4/c1-21-16-10-13(22-8-6-12(11-22)7-9-24)2-3-14(16)23(19(21)27)15-4-5-17(25)20-18(15)26/h2-3,9-10,12,15H,4-8,11H2,1H3,(H,20,25,26). The van der Waals surface area contributed by atoms with Crippen molar-refractivity contribution in [1.29, 1.82) is 0 Å². The van der Waals surface area contributed by atoms with Gasteiger partial charge in [-0.15, -0.1) is 0 Å².